The second-order valence-corrected chi connectivity index (χ2v) is 8.84. The molecule has 1 aliphatic carbocycles. The highest BCUT2D eigenvalue weighted by atomic mass is 32.1. The number of carboxylic acids is 1. The number of aromatic nitrogens is 2. The van der Waals surface area contributed by atoms with Crippen LogP contribution in [-0.4, -0.2) is 26.8 Å². The molecule has 2 unspecified atom stereocenters. The number of hydrogen-bond donors (Lipinski definition) is 4. The molecule has 0 bridgehead atoms. The van der Waals surface area contributed by atoms with E-state index in [1.807, 2.05) is 13.0 Å². The van der Waals surface area contributed by atoms with E-state index in [0.717, 1.165) is 17.0 Å². The van der Waals surface area contributed by atoms with E-state index in [4.69, 9.17) is 21.9 Å². The van der Waals surface area contributed by atoms with E-state index >= 15 is 0 Å². The lowest BCUT2D eigenvalue weighted by molar-refractivity contribution is -0.124. The highest BCUT2D eigenvalue weighted by molar-refractivity contribution is 7.21. The Morgan fingerprint density at radius 3 is 2.42 bits per heavy atom. The van der Waals surface area contributed by atoms with E-state index < -0.39 is 23.3 Å². The van der Waals surface area contributed by atoms with Crippen LogP contribution in [0.1, 0.15) is 38.2 Å². The maximum Gasteiger partial charge on any atom is 0.346 e. The first-order valence-electron chi connectivity index (χ1n) is 9.96. The van der Waals surface area contributed by atoms with Crippen LogP contribution in [-0.2, 0) is 10.3 Å². The van der Waals surface area contributed by atoms with Crippen LogP contribution in [0.4, 0.5) is 5.69 Å². The van der Waals surface area contributed by atoms with E-state index in [9.17, 15) is 14.7 Å². The molecule has 0 aliphatic heterocycles. The van der Waals surface area contributed by atoms with Gasteiger partial charge in [0.1, 0.15) is 21.9 Å². The van der Waals surface area contributed by atoms with Gasteiger partial charge in [0.15, 0.2) is 5.78 Å². The van der Waals surface area contributed by atoms with Crippen molar-refractivity contribution in [2.45, 2.75) is 18.5 Å². The molecule has 0 amide bonds. The fraction of sp³-hybridized carbons (Fsp3) is 0.130. The Kier molecular flexibility index (Phi) is 4.67. The maximum atomic E-state index is 13.5. The van der Waals surface area contributed by atoms with Crippen molar-refractivity contribution in [1.82, 2.24) is 9.97 Å². The number of aromatic carboxylic acids is 1. The van der Waals surface area contributed by atoms with E-state index in [0.29, 0.717) is 32.8 Å². The summed E-state index contributed by atoms with van der Waals surface area (Å²) in [5.41, 5.74) is 19.6. The minimum Gasteiger partial charge on any atom is -0.477 e. The topological polar surface area (TPSA) is 167 Å². The summed E-state index contributed by atoms with van der Waals surface area (Å²) in [6, 6.07) is 8.86. The third kappa shape index (κ3) is 3.07. The van der Waals surface area contributed by atoms with Gasteiger partial charge in [-0.05, 0) is 42.8 Å². The molecule has 0 fully saturated rings. The molecule has 0 radical (unpaired) electrons. The number of thiophene rings is 1. The lowest BCUT2D eigenvalue weighted by Gasteiger charge is -2.35. The Morgan fingerprint density at radius 2 is 1.82 bits per heavy atom. The van der Waals surface area contributed by atoms with Gasteiger partial charge in [0, 0.05) is 22.3 Å². The van der Waals surface area contributed by atoms with Gasteiger partial charge in [-0.1, -0.05) is 6.07 Å². The summed E-state index contributed by atoms with van der Waals surface area (Å²) in [5.74, 6) is -0.745. The number of pyridine rings is 2. The Morgan fingerprint density at radius 1 is 1.12 bits per heavy atom. The van der Waals surface area contributed by atoms with Crippen molar-refractivity contribution >= 4 is 38.9 Å². The van der Waals surface area contributed by atoms with Gasteiger partial charge >= 0.3 is 5.97 Å². The van der Waals surface area contributed by atoms with E-state index in [1.165, 1.54) is 6.20 Å². The van der Waals surface area contributed by atoms with Crippen LogP contribution in [0.5, 0.6) is 11.5 Å². The number of benzene rings is 1. The second kappa shape index (κ2) is 7.34. The number of ketones is 1. The number of carbonyl (C=O) groups excluding carboxylic acids is 1. The number of carbonyl (C=O) groups is 2. The normalized spacial score (nSPS) is 19.6. The molecule has 1 aliphatic rings. The van der Waals surface area contributed by atoms with Gasteiger partial charge in [0.2, 0.25) is 0 Å². The predicted molar refractivity (Wildman–Crippen MR) is 123 cm³/mol. The molecule has 33 heavy (non-hydrogen) atoms. The number of rotatable bonds is 4. The average Bonchev–Trinajstić information content (AvgIpc) is 3.21. The largest absolute Gasteiger partial charge is 0.477 e. The van der Waals surface area contributed by atoms with Gasteiger partial charge in [-0.15, -0.1) is 11.3 Å². The minimum absolute atomic E-state index is 0.0181. The molecule has 7 N–H and O–H groups in total. The zero-order chi connectivity index (χ0) is 23.5. The molecule has 4 aromatic rings. The monoisotopic (exact) mass is 461 g/mol. The van der Waals surface area contributed by atoms with Crippen molar-refractivity contribution in [3.63, 3.8) is 0 Å². The fourth-order valence-electron chi connectivity index (χ4n) is 4.13. The van der Waals surface area contributed by atoms with Crippen LogP contribution >= 0.6 is 11.3 Å². The number of anilines is 1. The number of ether oxygens (including phenoxy) is 1. The summed E-state index contributed by atoms with van der Waals surface area (Å²) in [5, 5.41) is 10.2. The molecular formula is C23H19N5O4S. The first-order chi connectivity index (χ1) is 15.7. The van der Waals surface area contributed by atoms with E-state index in [2.05, 4.69) is 9.97 Å². The summed E-state index contributed by atoms with van der Waals surface area (Å²) < 4.78 is 6.29. The third-order valence-corrected chi connectivity index (χ3v) is 7.01. The summed E-state index contributed by atoms with van der Waals surface area (Å²) in [6.45, 7) is 1.87. The molecule has 0 saturated carbocycles. The van der Waals surface area contributed by atoms with E-state index in [1.54, 1.807) is 36.5 Å². The second-order valence-electron chi connectivity index (χ2n) is 7.82. The molecule has 5 rings (SSSR count). The molecule has 0 saturated heterocycles. The molecule has 3 heterocycles. The molecular weight excluding hydrogens is 442 g/mol. The highest BCUT2D eigenvalue weighted by Crippen LogP contribution is 2.49. The van der Waals surface area contributed by atoms with Crippen LogP contribution in [0, 0.1) is 6.92 Å². The highest BCUT2D eigenvalue weighted by Gasteiger charge is 2.49. The number of carboxylic acid groups (broad SMARTS) is 1. The van der Waals surface area contributed by atoms with Crippen molar-refractivity contribution in [3.8, 4) is 11.5 Å². The number of nitrogens with two attached hydrogens (primary N) is 3. The maximum absolute atomic E-state index is 13.5. The average molecular weight is 462 g/mol. The summed E-state index contributed by atoms with van der Waals surface area (Å²) in [4.78, 5) is 33.9. The number of Topliss-reactive ketones (excluding diaryl/α,β-unsaturated/α-hetero) is 1. The zero-order valence-corrected chi connectivity index (χ0v) is 18.2. The van der Waals surface area contributed by atoms with Crippen molar-refractivity contribution < 1.29 is 19.4 Å². The number of nitrogens with zero attached hydrogens (tertiary/aromatic N) is 2. The molecule has 1 aromatic carbocycles. The Hall–Kier alpha value is -3.86. The summed E-state index contributed by atoms with van der Waals surface area (Å²) in [7, 11) is 0. The van der Waals surface area contributed by atoms with Gasteiger partial charge in [-0.25, -0.2) is 4.79 Å². The zero-order valence-electron chi connectivity index (χ0n) is 17.4. The molecule has 3 aromatic heterocycles. The number of hydrogen-bond acceptors (Lipinski definition) is 9. The van der Waals surface area contributed by atoms with Crippen molar-refractivity contribution in [1.29, 1.82) is 0 Å². The Bertz CT molecular complexity index is 1430. The quantitative estimate of drug-likeness (QED) is 0.334. The molecule has 2 atom stereocenters. The fourth-order valence-corrected chi connectivity index (χ4v) is 5.27. The smallest absolute Gasteiger partial charge is 0.346 e. The minimum atomic E-state index is -1.68. The third-order valence-electron chi connectivity index (χ3n) is 5.77. The lowest BCUT2D eigenvalue weighted by atomic mass is 9.72. The van der Waals surface area contributed by atoms with Crippen molar-refractivity contribution in [2.24, 2.45) is 11.5 Å². The SMILES string of the molecule is Cc1ccc(Oc2ccc(C3(N)C(=O)C(N)c4c(C(=O)O)sc5c(N)ccc3c45)nc2)cn1. The van der Waals surface area contributed by atoms with Crippen molar-refractivity contribution in [2.75, 3.05) is 5.73 Å². The first kappa shape index (κ1) is 21.0. The Labute approximate surface area is 191 Å². The van der Waals surface area contributed by atoms with Crippen LogP contribution < -0.4 is 21.9 Å². The summed E-state index contributed by atoms with van der Waals surface area (Å²) in [6.07, 6.45) is 3.06. The number of aryl methyl sites for hydroxylation is 1. The van der Waals surface area contributed by atoms with Crippen LogP contribution in [0.3, 0.4) is 0 Å². The predicted octanol–water partition coefficient (Wildman–Crippen LogP) is 2.86. The standard InChI is InChI=1S/C23H19N5O4S/c1-10-2-3-11(8-27-10)32-12-4-7-15(28-9-12)23(26)13-5-6-14(24)19-16(13)17(18(25)21(23)29)20(33-19)22(30)31/h2-9,18H,24-26H2,1H3,(H,30,31). The van der Waals surface area contributed by atoms with Gasteiger partial charge in [0.05, 0.1) is 28.8 Å². The van der Waals surface area contributed by atoms with Gasteiger partial charge in [0.25, 0.3) is 0 Å². The molecule has 166 valence electrons. The van der Waals surface area contributed by atoms with Crippen LogP contribution in [0.2, 0.25) is 0 Å². The van der Waals surface area contributed by atoms with E-state index in [-0.39, 0.29) is 16.1 Å². The van der Waals surface area contributed by atoms with Crippen LogP contribution in [0.25, 0.3) is 10.1 Å². The Balaban J connectivity index is 1.63. The van der Waals surface area contributed by atoms with Crippen LogP contribution in [0.15, 0.2) is 48.8 Å². The van der Waals surface area contributed by atoms with Gasteiger partial charge in [-0.3, -0.25) is 14.8 Å². The molecule has 0 spiro atoms. The first-order valence-corrected chi connectivity index (χ1v) is 10.8. The summed E-state index contributed by atoms with van der Waals surface area (Å²) >= 11 is 0.985. The molecule has 10 heteroatoms. The van der Waals surface area contributed by atoms with Gasteiger partial charge in [-0.2, -0.15) is 0 Å². The molecule has 9 nitrogen and oxygen atoms in total. The number of nitrogen functional groups attached to an aromatic ring is 1. The lowest BCUT2D eigenvalue weighted by Crippen LogP contribution is -2.53. The van der Waals surface area contributed by atoms with Gasteiger partial charge < -0.3 is 27.0 Å². The van der Waals surface area contributed by atoms with Crippen molar-refractivity contribution in [3.05, 3.63) is 76.2 Å².